The molecule has 1 N–H and O–H groups in total. The van der Waals surface area contributed by atoms with Crippen molar-refractivity contribution in [3.63, 3.8) is 0 Å². The molecule has 1 nitrogen and oxygen atoms in total. The average molecular weight is 394 g/mol. The molecule has 0 bridgehead atoms. The highest BCUT2D eigenvalue weighted by Gasteiger charge is 2.40. The van der Waals surface area contributed by atoms with Crippen molar-refractivity contribution < 1.29 is 0 Å². The van der Waals surface area contributed by atoms with Gasteiger partial charge < -0.3 is 5.32 Å². The van der Waals surface area contributed by atoms with E-state index in [1.54, 1.807) is 0 Å². The lowest BCUT2D eigenvalue weighted by molar-refractivity contribution is 0.490. The Kier molecular flexibility index (Phi) is 5.90. The molecule has 152 valence electrons. The third-order valence-electron chi connectivity index (χ3n) is 6.50. The molecular weight excluding hydrogens is 362 g/mol. The molecule has 2 aliphatic rings. The molecule has 0 radical (unpaired) electrons. The van der Waals surface area contributed by atoms with Gasteiger partial charge in [0.1, 0.15) is 0 Å². The van der Waals surface area contributed by atoms with Crippen LogP contribution in [0.4, 0.5) is 0 Å². The SMILES string of the molecule is C/C=C\C=C\c1ccc2c(c1)C(CC)(CC)c1cc(/C=C/C3=CC=CCN3)ccc1-2. The van der Waals surface area contributed by atoms with Crippen LogP contribution >= 0.6 is 0 Å². The molecule has 2 aromatic carbocycles. The number of fused-ring (bicyclic) bond motifs is 3. The Bertz CT molecular complexity index is 1070. The Balaban J connectivity index is 1.75. The number of allylic oxidation sites excluding steroid dienone is 6. The van der Waals surface area contributed by atoms with E-state index < -0.39 is 0 Å². The lowest BCUT2D eigenvalue weighted by Gasteiger charge is -2.30. The Labute approximate surface area is 181 Å². The van der Waals surface area contributed by atoms with Crippen LogP contribution in [0, 0.1) is 0 Å². The molecule has 0 aromatic heterocycles. The molecule has 1 heterocycles. The van der Waals surface area contributed by atoms with E-state index in [1.807, 2.05) is 6.92 Å². The highest BCUT2D eigenvalue weighted by Crippen LogP contribution is 2.53. The molecular formula is C29H31N. The fraction of sp³-hybridized carbons (Fsp3) is 0.241. The minimum absolute atomic E-state index is 0.0874. The zero-order chi connectivity index (χ0) is 21.0. The molecule has 30 heavy (non-hydrogen) atoms. The summed E-state index contributed by atoms with van der Waals surface area (Å²) in [5.74, 6) is 0. The van der Waals surface area contributed by atoms with Crippen molar-refractivity contribution in [3.8, 4) is 11.1 Å². The summed E-state index contributed by atoms with van der Waals surface area (Å²) in [6.07, 6.45) is 21.4. The predicted octanol–water partition coefficient (Wildman–Crippen LogP) is 7.42. The fourth-order valence-electron chi connectivity index (χ4n) is 4.80. The van der Waals surface area contributed by atoms with E-state index in [4.69, 9.17) is 0 Å². The molecule has 0 saturated heterocycles. The first kappa shape index (κ1) is 20.2. The van der Waals surface area contributed by atoms with Crippen molar-refractivity contribution >= 4 is 12.2 Å². The van der Waals surface area contributed by atoms with Crippen molar-refractivity contribution in [2.24, 2.45) is 0 Å². The molecule has 0 spiro atoms. The summed E-state index contributed by atoms with van der Waals surface area (Å²) >= 11 is 0. The van der Waals surface area contributed by atoms with E-state index in [2.05, 4.69) is 110 Å². The molecule has 0 saturated carbocycles. The van der Waals surface area contributed by atoms with Crippen molar-refractivity contribution in [2.75, 3.05) is 6.54 Å². The van der Waals surface area contributed by atoms with Gasteiger partial charge in [-0.25, -0.2) is 0 Å². The fourth-order valence-corrected chi connectivity index (χ4v) is 4.80. The van der Waals surface area contributed by atoms with Crippen molar-refractivity contribution in [1.29, 1.82) is 0 Å². The maximum atomic E-state index is 3.40. The number of nitrogens with one attached hydrogen (secondary N) is 1. The van der Waals surface area contributed by atoms with Gasteiger partial charge in [-0.05, 0) is 65.3 Å². The van der Waals surface area contributed by atoms with Crippen LogP contribution < -0.4 is 5.32 Å². The van der Waals surface area contributed by atoms with Crippen LogP contribution in [0.3, 0.4) is 0 Å². The van der Waals surface area contributed by atoms with Crippen LogP contribution in [0.15, 0.2) is 84.6 Å². The number of hydrogen-bond acceptors (Lipinski definition) is 1. The van der Waals surface area contributed by atoms with Gasteiger partial charge in [0.25, 0.3) is 0 Å². The number of hydrogen-bond donors (Lipinski definition) is 1. The lowest BCUT2D eigenvalue weighted by Crippen LogP contribution is -2.23. The first-order valence-corrected chi connectivity index (χ1v) is 11.1. The first-order chi connectivity index (χ1) is 14.7. The van der Waals surface area contributed by atoms with Crippen LogP contribution in [-0.4, -0.2) is 6.54 Å². The van der Waals surface area contributed by atoms with Gasteiger partial charge in [-0.15, -0.1) is 0 Å². The second-order valence-electron chi connectivity index (χ2n) is 8.05. The maximum absolute atomic E-state index is 3.40. The smallest absolute Gasteiger partial charge is 0.0342 e. The highest BCUT2D eigenvalue weighted by molar-refractivity contribution is 5.83. The van der Waals surface area contributed by atoms with E-state index in [9.17, 15) is 0 Å². The molecule has 2 aromatic rings. The van der Waals surface area contributed by atoms with Gasteiger partial charge in [0.15, 0.2) is 0 Å². The van der Waals surface area contributed by atoms with Crippen LogP contribution in [0.25, 0.3) is 23.3 Å². The Hall–Kier alpha value is -3.06. The van der Waals surface area contributed by atoms with E-state index in [0.29, 0.717) is 0 Å². The summed E-state index contributed by atoms with van der Waals surface area (Å²) in [6, 6.07) is 13.9. The predicted molar refractivity (Wildman–Crippen MR) is 131 cm³/mol. The molecule has 0 fully saturated rings. The molecule has 4 rings (SSSR count). The summed E-state index contributed by atoms with van der Waals surface area (Å²) in [5, 5.41) is 3.40. The Morgan fingerprint density at radius 1 is 0.867 bits per heavy atom. The minimum Gasteiger partial charge on any atom is -0.382 e. The van der Waals surface area contributed by atoms with Crippen LogP contribution in [0.2, 0.25) is 0 Å². The zero-order valence-corrected chi connectivity index (χ0v) is 18.3. The second kappa shape index (κ2) is 8.75. The van der Waals surface area contributed by atoms with Crippen LogP contribution in [-0.2, 0) is 5.41 Å². The number of dihydropyridines is 1. The largest absolute Gasteiger partial charge is 0.382 e. The van der Waals surface area contributed by atoms with Gasteiger partial charge >= 0.3 is 0 Å². The summed E-state index contributed by atoms with van der Waals surface area (Å²) in [4.78, 5) is 0. The zero-order valence-electron chi connectivity index (χ0n) is 18.3. The van der Waals surface area contributed by atoms with Crippen LogP contribution in [0.5, 0.6) is 0 Å². The average Bonchev–Trinajstić information content (AvgIpc) is 3.07. The van der Waals surface area contributed by atoms with Crippen LogP contribution in [0.1, 0.15) is 55.9 Å². The van der Waals surface area contributed by atoms with E-state index in [0.717, 1.165) is 25.1 Å². The normalized spacial score (nSPS) is 16.8. The van der Waals surface area contributed by atoms with E-state index in [1.165, 1.54) is 33.4 Å². The van der Waals surface area contributed by atoms with E-state index in [-0.39, 0.29) is 5.41 Å². The quantitative estimate of drug-likeness (QED) is 0.504. The first-order valence-electron chi connectivity index (χ1n) is 11.1. The van der Waals surface area contributed by atoms with E-state index >= 15 is 0 Å². The monoisotopic (exact) mass is 393 g/mol. The van der Waals surface area contributed by atoms with Gasteiger partial charge in [-0.3, -0.25) is 0 Å². The van der Waals surface area contributed by atoms with Crippen molar-refractivity contribution in [2.45, 2.75) is 39.0 Å². The molecule has 0 atom stereocenters. The van der Waals surface area contributed by atoms with Crippen molar-refractivity contribution in [1.82, 2.24) is 5.32 Å². The minimum atomic E-state index is 0.0874. The second-order valence-corrected chi connectivity index (χ2v) is 8.05. The molecule has 1 aliphatic carbocycles. The molecule has 0 amide bonds. The molecule has 0 unspecified atom stereocenters. The topological polar surface area (TPSA) is 12.0 Å². The summed E-state index contributed by atoms with van der Waals surface area (Å²) in [6.45, 7) is 7.61. The summed E-state index contributed by atoms with van der Waals surface area (Å²) in [7, 11) is 0. The third-order valence-corrected chi connectivity index (χ3v) is 6.50. The van der Waals surface area contributed by atoms with Gasteiger partial charge in [0.2, 0.25) is 0 Å². The van der Waals surface area contributed by atoms with Gasteiger partial charge in [0, 0.05) is 17.7 Å². The molecule has 1 aliphatic heterocycles. The van der Waals surface area contributed by atoms with Gasteiger partial charge in [-0.1, -0.05) is 92.8 Å². The number of benzene rings is 2. The number of rotatable bonds is 6. The lowest BCUT2D eigenvalue weighted by atomic mass is 9.73. The van der Waals surface area contributed by atoms with Gasteiger partial charge in [-0.2, -0.15) is 0 Å². The summed E-state index contributed by atoms with van der Waals surface area (Å²) < 4.78 is 0. The highest BCUT2D eigenvalue weighted by atomic mass is 14.9. The standard InChI is InChI=1S/C29H31N/c1-4-7-8-11-22-14-17-25-26-18-15-23(13-16-24-12-9-10-19-30-24)21-28(26)29(5-2,6-3)27(25)20-22/h4,7-18,20-21,30H,5-6,19H2,1-3H3/b7-4-,11-8+,16-13+. The Morgan fingerprint density at radius 2 is 1.53 bits per heavy atom. The van der Waals surface area contributed by atoms with Gasteiger partial charge in [0.05, 0.1) is 0 Å². The molecule has 1 heteroatoms. The Morgan fingerprint density at radius 3 is 2.10 bits per heavy atom. The van der Waals surface area contributed by atoms with Crippen molar-refractivity contribution in [3.05, 3.63) is 107 Å². The summed E-state index contributed by atoms with van der Waals surface area (Å²) in [5.41, 5.74) is 9.54. The maximum Gasteiger partial charge on any atom is 0.0342 e. The third kappa shape index (κ3) is 3.61.